The second-order valence-electron chi connectivity index (χ2n) is 3.83. The lowest BCUT2D eigenvalue weighted by atomic mass is 10.1. The number of benzene rings is 1. The third-order valence-corrected chi connectivity index (χ3v) is 2.21. The summed E-state index contributed by atoms with van der Waals surface area (Å²) in [7, 11) is 0. The van der Waals surface area contributed by atoms with Crippen molar-refractivity contribution in [1.29, 1.82) is 0 Å². The summed E-state index contributed by atoms with van der Waals surface area (Å²) in [6, 6.07) is 7.62. The SMILES string of the molecule is CC1(C)Oc2ccccc2C(CO)O1. The van der Waals surface area contributed by atoms with Gasteiger partial charge in [-0.15, -0.1) is 0 Å². The number of hydrogen-bond donors (Lipinski definition) is 1. The van der Waals surface area contributed by atoms with Gasteiger partial charge in [0.25, 0.3) is 0 Å². The highest BCUT2D eigenvalue weighted by Gasteiger charge is 2.33. The molecule has 1 aliphatic heterocycles. The lowest BCUT2D eigenvalue weighted by molar-refractivity contribution is -0.214. The molecule has 0 saturated heterocycles. The predicted octanol–water partition coefficient (Wildman–Crippen LogP) is 1.87. The average Bonchev–Trinajstić information content (AvgIpc) is 2.15. The van der Waals surface area contributed by atoms with E-state index in [0.29, 0.717) is 0 Å². The van der Waals surface area contributed by atoms with Crippen molar-refractivity contribution < 1.29 is 14.6 Å². The van der Waals surface area contributed by atoms with Crippen LogP contribution in [-0.4, -0.2) is 17.5 Å². The Labute approximate surface area is 83.3 Å². The zero-order valence-electron chi connectivity index (χ0n) is 8.36. The first-order valence-electron chi connectivity index (χ1n) is 4.69. The third kappa shape index (κ3) is 1.61. The normalized spacial score (nSPS) is 23.8. The van der Waals surface area contributed by atoms with Gasteiger partial charge in [0.05, 0.1) is 6.61 Å². The Hall–Kier alpha value is -1.06. The second-order valence-corrected chi connectivity index (χ2v) is 3.83. The van der Waals surface area contributed by atoms with E-state index in [2.05, 4.69) is 0 Å². The van der Waals surface area contributed by atoms with Crippen LogP contribution in [0.3, 0.4) is 0 Å². The van der Waals surface area contributed by atoms with Gasteiger partial charge in [-0.05, 0) is 6.07 Å². The maximum Gasteiger partial charge on any atom is 0.205 e. The fourth-order valence-corrected chi connectivity index (χ4v) is 1.67. The highest BCUT2D eigenvalue weighted by Crippen LogP contribution is 2.37. The molecule has 3 nitrogen and oxygen atoms in total. The van der Waals surface area contributed by atoms with Gasteiger partial charge in [0, 0.05) is 19.4 Å². The van der Waals surface area contributed by atoms with E-state index in [1.807, 2.05) is 38.1 Å². The van der Waals surface area contributed by atoms with Crippen LogP contribution >= 0.6 is 0 Å². The molecule has 14 heavy (non-hydrogen) atoms. The molecule has 0 amide bonds. The van der Waals surface area contributed by atoms with Crippen molar-refractivity contribution in [3.8, 4) is 5.75 Å². The van der Waals surface area contributed by atoms with Gasteiger partial charge < -0.3 is 14.6 Å². The molecule has 0 radical (unpaired) electrons. The summed E-state index contributed by atoms with van der Waals surface area (Å²) >= 11 is 0. The number of aliphatic hydroxyl groups excluding tert-OH is 1. The van der Waals surface area contributed by atoms with Gasteiger partial charge in [-0.3, -0.25) is 0 Å². The van der Waals surface area contributed by atoms with Crippen LogP contribution in [0.5, 0.6) is 5.75 Å². The van der Waals surface area contributed by atoms with Crippen molar-refractivity contribution in [1.82, 2.24) is 0 Å². The molecule has 1 atom stereocenters. The van der Waals surface area contributed by atoms with Crippen molar-refractivity contribution in [2.75, 3.05) is 6.61 Å². The summed E-state index contributed by atoms with van der Waals surface area (Å²) in [5.74, 6) is 0.129. The minimum Gasteiger partial charge on any atom is -0.463 e. The monoisotopic (exact) mass is 194 g/mol. The number of fused-ring (bicyclic) bond motifs is 1. The van der Waals surface area contributed by atoms with Crippen LogP contribution in [0.15, 0.2) is 24.3 Å². The van der Waals surface area contributed by atoms with Gasteiger partial charge in [-0.25, -0.2) is 0 Å². The van der Waals surface area contributed by atoms with Crippen LogP contribution in [0, 0.1) is 0 Å². The first-order chi connectivity index (χ1) is 6.62. The molecular formula is C11H14O3. The first kappa shape index (κ1) is 9.49. The zero-order chi connectivity index (χ0) is 10.2. The van der Waals surface area contributed by atoms with Crippen molar-refractivity contribution in [2.24, 2.45) is 0 Å². The Kier molecular flexibility index (Phi) is 2.21. The second kappa shape index (κ2) is 3.26. The summed E-state index contributed by atoms with van der Waals surface area (Å²) < 4.78 is 11.2. The standard InChI is InChI=1S/C11H14O3/c1-11(2)13-9-6-4-3-5-8(9)10(7-12)14-11/h3-6,10,12H,7H2,1-2H3. The van der Waals surface area contributed by atoms with Crippen LogP contribution in [0.4, 0.5) is 0 Å². The van der Waals surface area contributed by atoms with Crippen LogP contribution in [0.1, 0.15) is 25.5 Å². The number of hydrogen-bond acceptors (Lipinski definition) is 3. The molecule has 0 fully saturated rings. The largest absolute Gasteiger partial charge is 0.463 e. The minimum atomic E-state index is -0.665. The number of rotatable bonds is 1. The third-order valence-electron chi connectivity index (χ3n) is 2.21. The summed E-state index contributed by atoms with van der Waals surface area (Å²) in [5.41, 5.74) is 0.911. The van der Waals surface area contributed by atoms with Crippen molar-refractivity contribution in [3.63, 3.8) is 0 Å². The van der Waals surface area contributed by atoms with Crippen LogP contribution in [0.25, 0.3) is 0 Å². The molecule has 0 aliphatic carbocycles. The topological polar surface area (TPSA) is 38.7 Å². The Morgan fingerprint density at radius 2 is 2.07 bits per heavy atom. The van der Waals surface area contributed by atoms with E-state index in [0.717, 1.165) is 11.3 Å². The molecule has 0 saturated carbocycles. The lowest BCUT2D eigenvalue weighted by Crippen LogP contribution is -2.38. The molecule has 2 rings (SSSR count). The van der Waals surface area contributed by atoms with Gasteiger partial charge in [-0.2, -0.15) is 0 Å². The lowest BCUT2D eigenvalue weighted by Gasteiger charge is -2.37. The Balaban J connectivity index is 2.41. The molecule has 1 unspecified atom stereocenters. The molecule has 76 valence electrons. The highest BCUT2D eigenvalue weighted by molar-refractivity contribution is 5.36. The van der Waals surface area contributed by atoms with E-state index >= 15 is 0 Å². The van der Waals surface area contributed by atoms with Gasteiger partial charge in [0.2, 0.25) is 5.79 Å². The molecule has 3 heteroatoms. The van der Waals surface area contributed by atoms with Crippen LogP contribution in [-0.2, 0) is 4.74 Å². The quantitative estimate of drug-likeness (QED) is 0.741. The van der Waals surface area contributed by atoms with Crippen molar-refractivity contribution >= 4 is 0 Å². The summed E-state index contributed by atoms with van der Waals surface area (Å²) in [5, 5.41) is 9.19. The zero-order valence-corrected chi connectivity index (χ0v) is 8.36. The van der Waals surface area contributed by atoms with Crippen molar-refractivity contribution in [3.05, 3.63) is 29.8 Å². The highest BCUT2D eigenvalue weighted by atomic mass is 16.7. The molecule has 0 aromatic heterocycles. The maximum absolute atomic E-state index is 9.19. The molecule has 1 heterocycles. The number of ether oxygens (including phenoxy) is 2. The average molecular weight is 194 g/mol. The summed E-state index contributed by atoms with van der Waals surface area (Å²) in [6.07, 6.45) is -0.282. The minimum absolute atomic E-state index is 0.0240. The maximum atomic E-state index is 9.19. The molecule has 1 aromatic rings. The van der Waals surface area contributed by atoms with E-state index in [9.17, 15) is 5.11 Å². The van der Waals surface area contributed by atoms with E-state index in [1.54, 1.807) is 0 Å². The smallest absolute Gasteiger partial charge is 0.205 e. The molecule has 1 aromatic carbocycles. The fourth-order valence-electron chi connectivity index (χ4n) is 1.67. The molecular weight excluding hydrogens is 180 g/mol. The fraction of sp³-hybridized carbons (Fsp3) is 0.455. The summed E-state index contributed by atoms with van der Waals surface area (Å²) in [6.45, 7) is 3.65. The van der Waals surface area contributed by atoms with E-state index in [4.69, 9.17) is 9.47 Å². The molecule has 1 aliphatic rings. The van der Waals surface area contributed by atoms with Crippen molar-refractivity contribution in [2.45, 2.75) is 25.7 Å². The predicted molar refractivity (Wildman–Crippen MR) is 52.1 cm³/mol. The van der Waals surface area contributed by atoms with E-state index in [1.165, 1.54) is 0 Å². The molecule has 0 bridgehead atoms. The number of para-hydroxylation sites is 1. The number of aliphatic hydroxyl groups is 1. The first-order valence-corrected chi connectivity index (χ1v) is 4.69. The van der Waals surface area contributed by atoms with Gasteiger partial charge >= 0.3 is 0 Å². The van der Waals surface area contributed by atoms with Gasteiger partial charge in [0.1, 0.15) is 11.9 Å². The Morgan fingerprint density at radius 3 is 2.79 bits per heavy atom. The summed E-state index contributed by atoms with van der Waals surface area (Å²) in [4.78, 5) is 0. The Morgan fingerprint density at radius 1 is 1.36 bits per heavy atom. The molecule has 1 N–H and O–H groups in total. The Bertz CT molecular complexity index is 333. The van der Waals surface area contributed by atoms with Gasteiger partial charge in [0.15, 0.2) is 0 Å². The van der Waals surface area contributed by atoms with Gasteiger partial charge in [-0.1, -0.05) is 18.2 Å². The van der Waals surface area contributed by atoms with Crippen LogP contribution < -0.4 is 4.74 Å². The molecule has 0 spiro atoms. The van der Waals surface area contributed by atoms with E-state index in [-0.39, 0.29) is 12.7 Å². The van der Waals surface area contributed by atoms with E-state index < -0.39 is 5.79 Å². The van der Waals surface area contributed by atoms with Crippen LogP contribution in [0.2, 0.25) is 0 Å².